The molecule has 0 heterocycles. The van der Waals surface area contributed by atoms with Crippen LogP contribution in [0.25, 0.3) is 0 Å². The second-order valence-electron chi connectivity index (χ2n) is 3.40. The molecule has 1 aliphatic carbocycles. The molecule has 1 fully saturated rings. The molecule has 1 rings (SSSR count). The molecule has 2 unspecified atom stereocenters. The highest BCUT2D eigenvalue weighted by atomic mass is 32.1. The molecule has 0 aromatic rings. The monoisotopic (exact) mass is 145 g/mol. The van der Waals surface area contributed by atoms with E-state index in [0.29, 0.717) is 5.25 Å². The molecular weight excluding hydrogens is 130 g/mol. The minimum atomic E-state index is 0.0741. The molecule has 0 bridgehead atoms. The zero-order valence-electron chi connectivity index (χ0n) is 5.93. The lowest BCUT2D eigenvalue weighted by molar-refractivity contribution is 0.330. The van der Waals surface area contributed by atoms with Crippen molar-refractivity contribution in [2.75, 3.05) is 0 Å². The lowest BCUT2D eigenvalue weighted by Crippen LogP contribution is -2.41. The van der Waals surface area contributed by atoms with Crippen LogP contribution in [0.5, 0.6) is 0 Å². The minimum Gasteiger partial charge on any atom is -0.325 e. The van der Waals surface area contributed by atoms with Crippen molar-refractivity contribution in [2.45, 2.75) is 43.4 Å². The molecule has 1 saturated carbocycles. The van der Waals surface area contributed by atoms with E-state index in [-0.39, 0.29) is 5.54 Å². The van der Waals surface area contributed by atoms with E-state index in [0.717, 1.165) is 6.42 Å². The third-order valence-corrected chi connectivity index (χ3v) is 2.43. The van der Waals surface area contributed by atoms with Gasteiger partial charge in [-0.2, -0.15) is 12.6 Å². The van der Waals surface area contributed by atoms with Gasteiger partial charge in [0.1, 0.15) is 0 Å². The number of thiol groups is 1. The van der Waals surface area contributed by atoms with E-state index in [1.54, 1.807) is 0 Å². The molecule has 1 aliphatic rings. The molecule has 1 nitrogen and oxygen atoms in total. The van der Waals surface area contributed by atoms with Crippen LogP contribution in [0, 0.1) is 0 Å². The van der Waals surface area contributed by atoms with Crippen LogP contribution in [-0.4, -0.2) is 10.8 Å². The molecule has 54 valence electrons. The van der Waals surface area contributed by atoms with Crippen molar-refractivity contribution in [3.63, 3.8) is 0 Å². The maximum absolute atomic E-state index is 5.92. The summed E-state index contributed by atoms with van der Waals surface area (Å²) in [4.78, 5) is 0. The molecular formula is C7H15NS. The topological polar surface area (TPSA) is 26.0 Å². The van der Waals surface area contributed by atoms with E-state index in [1.807, 2.05) is 0 Å². The van der Waals surface area contributed by atoms with Gasteiger partial charge in [0, 0.05) is 10.8 Å². The number of rotatable bonds is 0. The Kier molecular flexibility index (Phi) is 2.07. The van der Waals surface area contributed by atoms with E-state index in [2.05, 4.69) is 19.6 Å². The summed E-state index contributed by atoms with van der Waals surface area (Å²) in [6.07, 6.45) is 4.75. The first-order valence-corrected chi connectivity index (χ1v) is 4.09. The molecule has 0 aromatic carbocycles. The van der Waals surface area contributed by atoms with Crippen molar-refractivity contribution < 1.29 is 0 Å². The highest BCUT2D eigenvalue weighted by Crippen LogP contribution is 2.28. The van der Waals surface area contributed by atoms with E-state index < -0.39 is 0 Å². The predicted molar refractivity (Wildman–Crippen MR) is 43.8 cm³/mol. The Bertz CT molecular complexity index is 101. The van der Waals surface area contributed by atoms with Crippen LogP contribution in [-0.2, 0) is 0 Å². The zero-order valence-corrected chi connectivity index (χ0v) is 6.82. The maximum Gasteiger partial charge on any atom is 0.0136 e. The van der Waals surface area contributed by atoms with Crippen LogP contribution in [0.15, 0.2) is 0 Å². The van der Waals surface area contributed by atoms with Gasteiger partial charge in [0.25, 0.3) is 0 Å². The van der Waals surface area contributed by atoms with E-state index >= 15 is 0 Å². The van der Waals surface area contributed by atoms with Crippen LogP contribution >= 0.6 is 12.6 Å². The Balaban J connectivity index is 2.41. The van der Waals surface area contributed by atoms with Crippen LogP contribution in [0.4, 0.5) is 0 Å². The first kappa shape index (κ1) is 7.42. The summed E-state index contributed by atoms with van der Waals surface area (Å²) in [5.41, 5.74) is 5.99. The Morgan fingerprint density at radius 3 is 2.67 bits per heavy atom. The van der Waals surface area contributed by atoms with E-state index in [4.69, 9.17) is 5.73 Å². The highest BCUT2D eigenvalue weighted by Gasteiger charge is 2.25. The molecule has 0 saturated heterocycles. The van der Waals surface area contributed by atoms with Gasteiger partial charge in [-0.3, -0.25) is 0 Å². The van der Waals surface area contributed by atoms with Crippen molar-refractivity contribution in [1.82, 2.24) is 0 Å². The summed E-state index contributed by atoms with van der Waals surface area (Å²) in [5, 5.41) is 0.550. The fourth-order valence-electron chi connectivity index (χ4n) is 1.48. The van der Waals surface area contributed by atoms with Gasteiger partial charge >= 0.3 is 0 Å². The second-order valence-corrected chi connectivity index (χ2v) is 4.13. The summed E-state index contributed by atoms with van der Waals surface area (Å²) in [7, 11) is 0. The molecule has 2 N–H and O–H groups in total. The molecule has 2 heteroatoms. The number of hydrogen-bond donors (Lipinski definition) is 2. The predicted octanol–water partition coefficient (Wildman–Crippen LogP) is 1.58. The highest BCUT2D eigenvalue weighted by molar-refractivity contribution is 7.80. The van der Waals surface area contributed by atoms with Crippen LogP contribution in [0.2, 0.25) is 0 Å². The first-order chi connectivity index (χ1) is 4.10. The van der Waals surface area contributed by atoms with Gasteiger partial charge in [0.2, 0.25) is 0 Å². The Hall–Kier alpha value is 0.310. The fraction of sp³-hybridized carbons (Fsp3) is 1.00. The maximum atomic E-state index is 5.92. The third kappa shape index (κ3) is 2.18. The van der Waals surface area contributed by atoms with Crippen LogP contribution in [0.3, 0.4) is 0 Å². The van der Waals surface area contributed by atoms with Crippen molar-refractivity contribution in [3.05, 3.63) is 0 Å². The lowest BCUT2D eigenvalue weighted by atomic mass is 9.84. The average molecular weight is 145 g/mol. The van der Waals surface area contributed by atoms with Crippen molar-refractivity contribution in [3.8, 4) is 0 Å². The van der Waals surface area contributed by atoms with Gasteiger partial charge in [-0.1, -0.05) is 6.42 Å². The standard InChI is InChI=1S/C7H15NS/c1-7(8)4-2-3-6(9)5-7/h6,9H,2-5,8H2,1H3. The van der Waals surface area contributed by atoms with Gasteiger partial charge in [-0.05, 0) is 26.2 Å². The largest absolute Gasteiger partial charge is 0.325 e. The first-order valence-electron chi connectivity index (χ1n) is 3.57. The molecule has 0 radical (unpaired) electrons. The van der Waals surface area contributed by atoms with Crippen molar-refractivity contribution >= 4 is 12.6 Å². The minimum absolute atomic E-state index is 0.0741. The van der Waals surface area contributed by atoms with Crippen LogP contribution < -0.4 is 5.73 Å². The van der Waals surface area contributed by atoms with Crippen molar-refractivity contribution in [1.29, 1.82) is 0 Å². The molecule has 0 aliphatic heterocycles. The molecule has 0 amide bonds. The van der Waals surface area contributed by atoms with Gasteiger partial charge in [0.05, 0.1) is 0 Å². The van der Waals surface area contributed by atoms with Gasteiger partial charge in [0.15, 0.2) is 0 Å². The molecule has 0 aromatic heterocycles. The lowest BCUT2D eigenvalue weighted by Gasteiger charge is -2.32. The molecule has 0 spiro atoms. The van der Waals surface area contributed by atoms with Gasteiger partial charge in [-0.25, -0.2) is 0 Å². The van der Waals surface area contributed by atoms with Crippen LogP contribution in [0.1, 0.15) is 32.6 Å². The summed E-state index contributed by atoms with van der Waals surface area (Å²) in [6.45, 7) is 2.12. The Morgan fingerprint density at radius 2 is 2.33 bits per heavy atom. The zero-order chi connectivity index (χ0) is 6.91. The molecule has 9 heavy (non-hydrogen) atoms. The summed E-state index contributed by atoms with van der Waals surface area (Å²) < 4.78 is 0. The number of hydrogen-bond acceptors (Lipinski definition) is 2. The summed E-state index contributed by atoms with van der Waals surface area (Å²) in [6, 6.07) is 0. The van der Waals surface area contributed by atoms with E-state index in [9.17, 15) is 0 Å². The van der Waals surface area contributed by atoms with Gasteiger partial charge in [-0.15, -0.1) is 0 Å². The smallest absolute Gasteiger partial charge is 0.0136 e. The molecule has 2 atom stereocenters. The summed E-state index contributed by atoms with van der Waals surface area (Å²) >= 11 is 4.39. The van der Waals surface area contributed by atoms with E-state index in [1.165, 1.54) is 19.3 Å². The fourth-order valence-corrected chi connectivity index (χ4v) is 2.08. The van der Waals surface area contributed by atoms with Crippen molar-refractivity contribution in [2.24, 2.45) is 5.73 Å². The Labute approximate surface area is 62.4 Å². The second kappa shape index (κ2) is 2.51. The third-order valence-electron chi connectivity index (χ3n) is 1.99. The normalized spacial score (nSPS) is 45.0. The van der Waals surface area contributed by atoms with Gasteiger partial charge < -0.3 is 5.73 Å². The Morgan fingerprint density at radius 1 is 1.67 bits per heavy atom. The summed E-state index contributed by atoms with van der Waals surface area (Å²) in [5.74, 6) is 0. The SMILES string of the molecule is CC1(N)CCCC(S)C1. The quantitative estimate of drug-likeness (QED) is 0.497. The number of nitrogens with two attached hydrogens (primary N) is 1. The average Bonchev–Trinajstić information content (AvgIpc) is 1.60.